The second kappa shape index (κ2) is 6.73. The van der Waals surface area contributed by atoms with E-state index in [2.05, 4.69) is 5.32 Å². The number of hydrogen-bond acceptors (Lipinski definition) is 3. The molecule has 0 spiro atoms. The first-order chi connectivity index (χ1) is 8.43. The van der Waals surface area contributed by atoms with Gasteiger partial charge >= 0.3 is 5.97 Å². The van der Waals surface area contributed by atoms with Gasteiger partial charge in [0.2, 0.25) is 5.91 Å². The molecule has 0 aromatic rings. The molecule has 0 aromatic heterocycles. The Morgan fingerprint density at radius 3 is 2.28 bits per heavy atom. The number of rotatable bonds is 5. The van der Waals surface area contributed by atoms with E-state index in [4.69, 9.17) is 5.11 Å². The summed E-state index contributed by atoms with van der Waals surface area (Å²) in [6.07, 6.45) is 2.38. The summed E-state index contributed by atoms with van der Waals surface area (Å²) in [4.78, 5) is 23.0. The van der Waals surface area contributed by atoms with Crippen LogP contribution in [0.15, 0.2) is 0 Å². The van der Waals surface area contributed by atoms with Gasteiger partial charge in [0.1, 0.15) is 0 Å². The summed E-state index contributed by atoms with van der Waals surface area (Å²) in [6.45, 7) is 3.94. The fraction of sp³-hybridized carbons (Fsp3) is 0.846. The maximum atomic E-state index is 12.0. The molecule has 1 rings (SSSR count). The van der Waals surface area contributed by atoms with E-state index < -0.39 is 23.9 Å². The Hall–Kier alpha value is -1.10. The van der Waals surface area contributed by atoms with Gasteiger partial charge < -0.3 is 15.5 Å². The third-order valence-electron chi connectivity index (χ3n) is 3.67. The first-order valence-corrected chi connectivity index (χ1v) is 6.62. The van der Waals surface area contributed by atoms with Crippen LogP contribution in [0.4, 0.5) is 0 Å². The minimum Gasteiger partial charge on any atom is -0.481 e. The van der Waals surface area contributed by atoms with Crippen molar-refractivity contribution in [3.63, 3.8) is 0 Å². The molecule has 5 nitrogen and oxygen atoms in total. The smallest absolute Gasteiger partial charge is 0.307 e. The largest absolute Gasteiger partial charge is 0.481 e. The van der Waals surface area contributed by atoms with Crippen LogP contribution in [0.2, 0.25) is 0 Å². The lowest BCUT2D eigenvalue weighted by Crippen LogP contribution is -2.43. The number of aliphatic hydroxyl groups is 1. The van der Waals surface area contributed by atoms with Crippen LogP contribution >= 0.6 is 0 Å². The van der Waals surface area contributed by atoms with E-state index in [0.29, 0.717) is 12.8 Å². The minimum atomic E-state index is -0.890. The third kappa shape index (κ3) is 3.98. The van der Waals surface area contributed by atoms with Crippen molar-refractivity contribution in [2.45, 2.75) is 45.6 Å². The number of aliphatic hydroxyl groups excluding tert-OH is 1. The molecular formula is C13H23NO4. The number of hydrogen-bond donors (Lipinski definition) is 3. The Balaban J connectivity index is 2.51. The van der Waals surface area contributed by atoms with Crippen LogP contribution in [0.1, 0.15) is 39.5 Å². The molecule has 3 atom stereocenters. The summed E-state index contributed by atoms with van der Waals surface area (Å²) in [5.41, 5.74) is 0. The van der Waals surface area contributed by atoms with Crippen LogP contribution < -0.4 is 5.32 Å². The van der Waals surface area contributed by atoms with Gasteiger partial charge in [0.05, 0.1) is 17.9 Å². The lowest BCUT2D eigenvalue weighted by molar-refractivity contribution is -0.149. The Morgan fingerprint density at radius 2 is 1.78 bits per heavy atom. The van der Waals surface area contributed by atoms with Crippen LogP contribution in [0.3, 0.4) is 0 Å². The molecule has 0 aromatic carbocycles. The number of nitrogens with one attached hydrogen (secondary N) is 1. The summed E-state index contributed by atoms with van der Waals surface area (Å²) in [7, 11) is 0. The molecule has 0 bridgehead atoms. The molecule has 1 fully saturated rings. The molecule has 0 saturated heterocycles. The van der Waals surface area contributed by atoms with Gasteiger partial charge in [-0.15, -0.1) is 0 Å². The minimum absolute atomic E-state index is 0.0759. The highest BCUT2D eigenvalue weighted by Crippen LogP contribution is 2.30. The van der Waals surface area contributed by atoms with Gasteiger partial charge in [-0.25, -0.2) is 0 Å². The van der Waals surface area contributed by atoms with Gasteiger partial charge in [0.25, 0.3) is 0 Å². The van der Waals surface area contributed by atoms with Crippen molar-refractivity contribution in [2.24, 2.45) is 17.8 Å². The zero-order chi connectivity index (χ0) is 13.7. The highest BCUT2D eigenvalue weighted by Gasteiger charge is 2.35. The molecule has 3 N–H and O–H groups in total. The molecule has 18 heavy (non-hydrogen) atoms. The Morgan fingerprint density at radius 1 is 1.22 bits per heavy atom. The molecule has 1 unspecified atom stereocenters. The fourth-order valence-corrected chi connectivity index (χ4v) is 2.31. The van der Waals surface area contributed by atoms with Crippen LogP contribution in [0, 0.1) is 17.8 Å². The highest BCUT2D eigenvalue weighted by atomic mass is 16.4. The van der Waals surface area contributed by atoms with Crippen molar-refractivity contribution in [3.8, 4) is 0 Å². The van der Waals surface area contributed by atoms with E-state index in [1.165, 1.54) is 0 Å². The lowest BCUT2D eigenvalue weighted by Gasteiger charge is -2.28. The number of amides is 1. The average molecular weight is 257 g/mol. The monoisotopic (exact) mass is 257 g/mol. The normalized spacial score (nSPS) is 25.8. The van der Waals surface area contributed by atoms with Crippen molar-refractivity contribution in [3.05, 3.63) is 0 Å². The van der Waals surface area contributed by atoms with Gasteiger partial charge in [-0.2, -0.15) is 0 Å². The molecule has 0 radical (unpaired) electrons. The van der Waals surface area contributed by atoms with Crippen molar-refractivity contribution in [1.29, 1.82) is 0 Å². The second-order valence-electron chi connectivity index (χ2n) is 5.39. The number of carboxylic acids is 1. The van der Waals surface area contributed by atoms with E-state index in [0.717, 1.165) is 12.8 Å². The Kier molecular flexibility index (Phi) is 5.59. The number of carbonyl (C=O) groups is 2. The summed E-state index contributed by atoms with van der Waals surface area (Å²) in [5, 5.41) is 21.4. The molecule has 1 aliphatic carbocycles. The van der Waals surface area contributed by atoms with Crippen LogP contribution in [0.5, 0.6) is 0 Å². The number of carboxylic acid groups (broad SMARTS) is 1. The second-order valence-corrected chi connectivity index (χ2v) is 5.39. The predicted molar refractivity (Wildman–Crippen MR) is 66.9 cm³/mol. The zero-order valence-electron chi connectivity index (χ0n) is 11.1. The third-order valence-corrected chi connectivity index (χ3v) is 3.67. The van der Waals surface area contributed by atoms with Crippen molar-refractivity contribution in [1.82, 2.24) is 5.32 Å². The predicted octanol–water partition coefficient (Wildman–Crippen LogP) is 1.01. The van der Waals surface area contributed by atoms with Gasteiger partial charge in [0.15, 0.2) is 0 Å². The maximum absolute atomic E-state index is 12.0. The van der Waals surface area contributed by atoms with E-state index in [1.807, 2.05) is 13.8 Å². The van der Waals surface area contributed by atoms with E-state index in [1.54, 1.807) is 0 Å². The zero-order valence-corrected chi connectivity index (χ0v) is 11.1. The summed E-state index contributed by atoms with van der Waals surface area (Å²) >= 11 is 0. The first-order valence-electron chi connectivity index (χ1n) is 6.62. The number of carbonyl (C=O) groups excluding carboxylic acids is 1. The van der Waals surface area contributed by atoms with Gasteiger partial charge in [-0.3, -0.25) is 9.59 Å². The van der Waals surface area contributed by atoms with Crippen LogP contribution in [-0.2, 0) is 9.59 Å². The summed E-state index contributed by atoms with van der Waals surface area (Å²) < 4.78 is 0. The summed E-state index contributed by atoms with van der Waals surface area (Å²) in [5.74, 6) is -2.07. The maximum Gasteiger partial charge on any atom is 0.307 e. The molecule has 1 saturated carbocycles. The number of aliphatic carboxylic acids is 1. The Bertz CT molecular complexity index is 303. The first kappa shape index (κ1) is 15.0. The van der Waals surface area contributed by atoms with Gasteiger partial charge in [0, 0.05) is 6.54 Å². The Labute approximate surface area is 108 Å². The van der Waals surface area contributed by atoms with Crippen molar-refractivity contribution in [2.75, 3.05) is 6.54 Å². The molecule has 0 heterocycles. The van der Waals surface area contributed by atoms with Gasteiger partial charge in [-0.05, 0) is 18.8 Å². The SMILES string of the molecule is CC(C)C(O)CNC(=O)[C@@H]1CCCC[C@@H]1C(=O)O. The van der Waals surface area contributed by atoms with E-state index >= 15 is 0 Å². The van der Waals surface area contributed by atoms with E-state index in [9.17, 15) is 14.7 Å². The van der Waals surface area contributed by atoms with Crippen molar-refractivity contribution < 1.29 is 19.8 Å². The molecule has 5 heteroatoms. The molecule has 1 amide bonds. The van der Waals surface area contributed by atoms with E-state index in [-0.39, 0.29) is 18.4 Å². The topological polar surface area (TPSA) is 86.6 Å². The lowest BCUT2D eigenvalue weighted by atomic mass is 9.78. The average Bonchev–Trinajstić information content (AvgIpc) is 2.35. The highest BCUT2D eigenvalue weighted by molar-refractivity contribution is 5.84. The van der Waals surface area contributed by atoms with Gasteiger partial charge in [-0.1, -0.05) is 26.7 Å². The van der Waals surface area contributed by atoms with Crippen molar-refractivity contribution >= 4 is 11.9 Å². The van der Waals surface area contributed by atoms with Crippen LogP contribution in [-0.4, -0.2) is 34.7 Å². The van der Waals surface area contributed by atoms with Crippen LogP contribution in [0.25, 0.3) is 0 Å². The molecule has 0 aliphatic heterocycles. The standard InChI is InChI=1S/C13H23NO4/c1-8(2)11(15)7-14-12(16)9-5-3-4-6-10(9)13(17)18/h8-11,15H,3-7H2,1-2H3,(H,14,16)(H,17,18)/t9-,10+,11?/m1/s1. The molecule has 1 aliphatic rings. The molecule has 104 valence electrons. The quantitative estimate of drug-likeness (QED) is 0.686. The fourth-order valence-electron chi connectivity index (χ4n) is 2.31. The molecular weight excluding hydrogens is 234 g/mol. The summed E-state index contributed by atoms with van der Waals surface area (Å²) in [6, 6.07) is 0.